The summed E-state index contributed by atoms with van der Waals surface area (Å²) in [4.78, 5) is 14.7. The van der Waals surface area contributed by atoms with E-state index in [4.69, 9.17) is 9.47 Å². The number of aryl methyl sites for hydroxylation is 1. The van der Waals surface area contributed by atoms with E-state index in [0.717, 1.165) is 49.3 Å². The zero-order valence-corrected chi connectivity index (χ0v) is 16.8. The second-order valence-corrected chi connectivity index (χ2v) is 7.18. The number of likely N-dealkylation sites (tertiary alicyclic amines) is 1. The van der Waals surface area contributed by atoms with Gasteiger partial charge in [0.25, 0.3) is 0 Å². The molecule has 1 amide bonds. The molecule has 1 aliphatic heterocycles. The predicted octanol–water partition coefficient (Wildman–Crippen LogP) is 3.59. The number of nitrogens with zero attached hydrogens (tertiary/aromatic N) is 1. The maximum Gasteiger partial charge on any atom is 0.234 e. The van der Waals surface area contributed by atoms with Crippen molar-refractivity contribution in [3.8, 4) is 11.5 Å². The van der Waals surface area contributed by atoms with Crippen LogP contribution in [0.3, 0.4) is 0 Å². The largest absolute Gasteiger partial charge is 0.497 e. The highest BCUT2D eigenvalue weighted by molar-refractivity contribution is 5.78. The first-order chi connectivity index (χ1) is 13.7. The van der Waals surface area contributed by atoms with Gasteiger partial charge in [-0.05, 0) is 43.9 Å². The normalized spacial score (nSPS) is 16.7. The van der Waals surface area contributed by atoms with Crippen LogP contribution in [0.4, 0.5) is 0 Å². The second-order valence-electron chi connectivity index (χ2n) is 7.18. The van der Waals surface area contributed by atoms with Crippen LogP contribution in [-0.4, -0.2) is 44.7 Å². The number of benzene rings is 2. The molecule has 0 radical (unpaired) electrons. The first-order valence-electron chi connectivity index (χ1n) is 9.98. The zero-order valence-electron chi connectivity index (χ0n) is 16.8. The number of nitrogens with one attached hydrogen (secondary N) is 1. The van der Waals surface area contributed by atoms with E-state index >= 15 is 0 Å². The van der Waals surface area contributed by atoms with Crippen molar-refractivity contribution >= 4 is 5.91 Å². The molecule has 2 aromatic rings. The molecule has 2 aromatic carbocycles. The highest BCUT2D eigenvalue weighted by atomic mass is 16.5. The lowest BCUT2D eigenvalue weighted by Crippen LogP contribution is -2.37. The Labute approximate surface area is 167 Å². The van der Waals surface area contributed by atoms with Crippen molar-refractivity contribution in [2.24, 2.45) is 0 Å². The van der Waals surface area contributed by atoms with Crippen molar-refractivity contribution in [1.82, 2.24) is 10.2 Å². The first-order valence-corrected chi connectivity index (χ1v) is 9.98. The SMILES string of the molecule is COc1ccc([C@H]2CCCN2CC(=O)NCCCc2ccccc2)c(OC)c1. The third-order valence-electron chi connectivity index (χ3n) is 5.32. The molecule has 5 nitrogen and oxygen atoms in total. The fourth-order valence-corrected chi connectivity index (χ4v) is 3.87. The number of carbonyl (C=O) groups excluding carboxylic acids is 1. The molecule has 1 aliphatic rings. The van der Waals surface area contributed by atoms with Crippen LogP contribution >= 0.6 is 0 Å². The van der Waals surface area contributed by atoms with E-state index in [1.165, 1.54) is 5.56 Å². The van der Waals surface area contributed by atoms with Crippen LogP contribution in [0.5, 0.6) is 11.5 Å². The van der Waals surface area contributed by atoms with Gasteiger partial charge in [-0.15, -0.1) is 0 Å². The molecule has 150 valence electrons. The van der Waals surface area contributed by atoms with Crippen LogP contribution in [0.15, 0.2) is 48.5 Å². The zero-order chi connectivity index (χ0) is 19.8. The third-order valence-corrected chi connectivity index (χ3v) is 5.32. The Morgan fingerprint density at radius 1 is 1.14 bits per heavy atom. The van der Waals surface area contributed by atoms with Crippen LogP contribution in [0.25, 0.3) is 0 Å². The molecule has 0 spiro atoms. The molecule has 0 bridgehead atoms. The molecule has 5 heteroatoms. The van der Waals surface area contributed by atoms with E-state index < -0.39 is 0 Å². The maximum atomic E-state index is 12.4. The fraction of sp³-hybridized carbons (Fsp3) is 0.435. The molecule has 28 heavy (non-hydrogen) atoms. The lowest BCUT2D eigenvalue weighted by Gasteiger charge is -2.25. The maximum absolute atomic E-state index is 12.4. The van der Waals surface area contributed by atoms with Crippen LogP contribution in [0.1, 0.15) is 36.4 Å². The molecular formula is C23H30N2O3. The molecule has 1 heterocycles. The predicted molar refractivity (Wildman–Crippen MR) is 111 cm³/mol. The van der Waals surface area contributed by atoms with E-state index in [0.29, 0.717) is 13.1 Å². The molecule has 1 saturated heterocycles. The van der Waals surface area contributed by atoms with Gasteiger partial charge in [0.05, 0.1) is 20.8 Å². The van der Waals surface area contributed by atoms with Crippen molar-refractivity contribution < 1.29 is 14.3 Å². The topological polar surface area (TPSA) is 50.8 Å². The monoisotopic (exact) mass is 382 g/mol. The molecule has 0 aliphatic carbocycles. The van der Waals surface area contributed by atoms with Gasteiger partial charge in [0.1, 0.15) is 11.5 Å². The van der Waals surface area contributed by atoms with Crippen LogP contribution in [0, 0.1) is 0 Å². The number of ether oxygens (including phenoxy) is 2. The minimum Gasteiger partial charge on any atom is -0.497 e. The van der Waals surface area contributed by atoms with Crippen molar-refractivity contribution in [1.29, 1.82) is 0 Å². The Balaban J connectivity index is 1.51. The summed E-state index contributed by atoms with van der Waals surface area (Å²) >= 11 is 0. The summed E-state index contributed by atoms with van der Waals surface area (Å²) in [6.45, 7) is 2.06. The minimum absolute atomic E-state index is 0.0902. The Morgan fingerprint density at radius 3 is 2.71 bits per heavy atom. The first kappa shape index (κ1) is 20.2. The van der Waals surface area contributed by atoms with Gasteiger partial charge in [-0.3, -0.25) is 9.69 Å². The highest BCUT2D eigenvalue weighted by Gasteiger charge is 2.29. The van der Waals surface area contributed by atoms with Gasteiger partial charge in [-0.25, -0.2) is 0 Å². The molecule has 1 N–H and O–H groups in total. The van der Waals surface area contributed by atoms with Crippen LogP contribution in [-0.2, 0) is 11.2 Å². The fourth-order valence-electron chi connectivity index (χ4n) is 3.87. The lowest BCUT2D eigenvalue weighted by atomic mass is 10.0. The smallest absolute Gasteiger partial charge is 0.234 e. The van der Waals surface area contributed by atoms with Crippen LogP contribution in [0.2, 0.25) is 0 Å². The molecule has 0 saturated carbocycles. The molecule has 0 unspecified atom stereocenters. The standard InChI is InChI=1S/C23H30N2O3/c1-27-19-12-13-20(22(16-19)28-2)21-11-7-15-25(21)17-23(26)24-14-6-10-18-8-4-3-5-9-18/h3-5,8-9,12-13,16,21H,6-7,10-11,14-15,17H2,1-2H3,(H,24,26)/t21-/m1/s1. The second kappa shape index (κ2) is 10.1. The molecule has 3 rings (SSSR count). The van der Waals surface area contributed by atoms with Gasteiger partial charge in [-0.1, -0.05) is 36.4 Å². The summed E-state index contributed by atoms with van der Waals surface area (Å²) in [5.41, 5.74) is 2.43. The van der Waals surface area contributed by atoms with E-state index in [-0.39, 0.29) is 11.9 Å². The number of amides is 1. The van der Waals surface area contributed by atoms with Crippen molar-refractivity contribution in [3.05, 3.63) is 59.7 Å². The van der Waals surface area contributed by atoms with E-state index in [1.807, 2.05) is 18.2 Å². The molecule has 1 atom stereocenters. The summed E-state index contributed by atoms with van der Waals surface area (Å²) in [5, 5.41) is 3.07. The summed E-state index contributed by atoms with van der Waals surface area (Å²) in [6.07, 6.45) is 4.05. The average molecular weight is 383 g/mol. The van der Waals surface area contributed by atoms with Gasteiger partial charge >= 0.3 is 0 Å². The molecule has 1 fully saturated rings. The number of carbonyl (C=O) groups is 1. The molecular weight excluding hydrogens is 352 g/mol. The summed E-state index contributed by atoms with van der Waals surface area (Å²) < 4.78 is 10.9. The van der Waals surface area contributed by atoms with Crippen molar-refractivity contribution in [2.75, 3.05) is 33.9 Å². The average Bonchev–Trinajstić information content (AvgIpc) is 3.19. The van der Waals surface area contributed by atoms with Gasteiger partial charge in [-0.2, -0.15) is 0 Å². The summed E-state index contributed by atoms with van der Waals surface area (Å²) in [7, 11) is 3.33. The van der Waals surface area contributed by atoms with E-state index in [2.05, 4.69) is 40.5 Å². The quantitative estimate of drug-likeness (QED) is 0.674. The Kier molecular flexibility index (Phi) is 7.31. The number of rotatable bonds is 9. The summed E-state index contributed by atoms with van der Waals surface area (Å²) in [6, 6.07) is 16.5. The van der Waals surface area contributed by atoms with Gasteiger partial charge in [0.15, 0.2) is 0 Å². The van der Waals surface area contributed by atoms with Gasteiger partial charge in [0, 0.05) is 24.2 Å². The number of methoxy groups -OCH3 is 2. The van der Waals surface area contributed by atoms with Gasteiger partial charge < -0.3 is 14.8 Å². The highest BCUT2D eigenvalue weighted by Crippen LogP contribution is 2.38. The van der Waals surface area contributed by atoms with Crippen molar-refractivity contribution in [3.63, 3.8) is 0 Å². The summed E-state index contributed by atoms with van der Waals surface area (Å²) in [5.74, 6) is 1.69. The third kappa shape index (κ3) is 5.26. The lowest BCUT2D eigenvalue weighted by molar-refractivity contribution is -0.122. The van der Waals surface area contributed by atoms with E-state index in [1.54, 1.807) is 14.2 Å². The number of hydrogen-bond donors (Lipinski definition) is 1. The Bertz CT molecular complexity index is 764. The molecule has 0 aromatic heterocycles. The Hall–Kier alpha value is -2.53. The minimum atomic E-state index is 0.0902. The van der Waals surface area contributed by atoms with E-state index in [9.17, 15) is 4.79 Å². The van der Waals surface area contributed by atoms with Gasteiger partial charge in [0.2, 0.25) is 5.91 Å². The Morgan fingerprint density at radius 2 is 1.96 bits per heavy atom. The number of hydrogen-bond acceptors (Lipinski definition) is 4. The van der Waals surface area contributed by atoms with Crippen molar-refractivity contribution in [2.45, 2.75) is 31.7 Å². The van der Waals surface area contributed by atoms with Crippen LogP contribution < -0.4 is 14.8 Å².